The predicted molar refractivity (Wildman–Crippen MR) is 145 cm³/mol. The Morgan fingerprint density at radius 3 is 1.94 bits per heavy atom. The van der Waals surface area contributed by atoms with Crippen molar-refractivity contribution in [1.82, 2.24) is 0 Å². The smallest absolute Gasteiger partial charge is 0.185 e. The Hall–Kier alpha value is -3.73. The van der Waals surface area contributed by atoms with Crippen LogP contribution in [0.25, 0.3) is 11.3 Å². The molecule has 0 radical (unpaired) electrons. The third kappa shape index (κ3) is 3.75. The minimum atomic E-state index is -0.839. The van der Waals surface area contributed by atoms with E-state index >= 15 is 0 Å². The summed E-state index contributed by atoms with van der Waals surface area (Å²) < 4.78 is 7.19. The molecular formula is C31H22O2S2. The first-order valence-corrected chi connectivity index (χ1v) is 13.3. The van der Waals surface area contributed by atoms with Crippen molar-refractivity contribution in [3.8, 4) is 0 Å². The zero-order chi connectivity index (χ0) is 23.7. The van der Waals surface area contributed by atoms with E-state index < -0.39 is 5.60 Å². The van der Waals surface area contributed by atoms with Gasteiger partial charge in [-0.1, -0.05) is 97.1 Å². The third-order valence-corrected chi connectivity index (χ3v) is 8.18. The summed E-state index contributed by atoms with van der Waals surface area (Å²) in [7, 11) is 0. The fourth-order valence-electron chi connectivity index (χ4n) is 4.85. The summed E-state index contributed by atoms with van der Waals surface area (Å²) >= 11 is 3.11. The van der Waals surface area contributed by atoms with E-state index in [0.29, 0.717) is 0 Å². The highest BCUT2D eigenvalue weighted by Crippen LogP contribution is 2.52. The lowest BCUT2D eigenvalue weighted by atomic mass is 9.74. The molecule has 0 spiro atoms. The number of ketones is 1. The number of allylic oxidation sites excluding steroid dienone is 1. The van der Waals surface area contributed by atoms with Gasteiger partial charge in [-0.15, -0.1) is 22.7 Å². The first kappa shape index (κ1) is 21.8. The second kappa shape index (κ2) is 9.14. The van der Waals surface area contributed by atoms with Crippen LogP contribution in [0.4, 0.5) is 0 Å². The number of hydrogen-bond donors (Lipinski definition) is 0. The molecule has 0 unspecified atom stereocenters. The van der Waals surface area contributed by atoms with Crippen molar-refractivity contribution in [3.63, 3.8) is 0 Å². The van der Waals surface area contributed by atoms with Crippen molar-refractivity contribution in [2.24, 2.45) is 0 Å². The van der Waals surface area contributed by atoms with Crippen molar-refractivity contribution >= 4 is 39.8 Å². The van der Waals surface area contributed by atoms with Gasteiger partial charge < -0.3 is 4.74 Å². The lowest BCUT2D eigenvalue weighted by molar-refractivity contribution is 0.0992. The van der Waals surface area contributed by atoms with Gasteiger partial charge in [0.1, 0.15) is 5.76 Å². The molecule has 0 atom stereocenters. The van der Waals surface area contributed by atoms with Crippen molar-refractivity contribution < 1.29 is 9.53 Å². The molecule has 0 bridgehead atoms. The van der Waals surface area contributed by atoms with Gasteiger partial charge in [0.2, 0.25) is 0 Å². The molecule has 5 aromatic rings. The van der Waals surface area contributed by atoms with Gasteiger partial charge >= 0.3 is 0 Å². The number of benzene rings is 3. The van der Waals surface area contributed by atoms with Crippen LogP contribution in [-0.4, -0.2) is 5.78 Å². The standard InChI is InChI=1S/C31H22O2S2/c32-27(28-17-9-19-34-28)21-25-24-15-7-8-16-26(24)31(22-11-3-1-4-12-22,23-13-5-2-6-14-23)33-30(25)29-18-10-20-35-29/h1-20H,21H2. The second-order valence-electron chi connectivity index (χ2n) is 8.42. The monoisotopic (exact) mass is 490 g/mol. The van der Waals surface area contributed by atoms with Gasteiger partial charge in [-0.25, -0.2) is 0 Å². The number of rotatable bonds is 6. The number of carbonyl (C=O) groups excluding carboxylic acids is 1. The molecule has 0 aliphatic carbocycles. The van der Waals surface area contributed by atoms with E-state index in [9.17, 15) is 4.79 Å². The maximum Gasteiger partial charge on any atom is 0.185 e. The van der Waals surface area contributed by atoms with E-state index in [2.05, 4.69) is 78.2 Å². The Morgan fingerprint density at radius 1 is 0.686 bits per heavy atom. The van der Waals surface area contributed by atoms with Crippen LogP contribution >= 0.6 is 22.7 Å². The highest BCUT2D eigenvalue weighted by Gasteiger charge is 2.45. The summed E-state index contributed by atoms with van der Waals surface area (Å²) in [6.45, 7) is 0. The number of carbonyl (C=O) groups is 1. The van der Waals surface area contributed by atoms with Gasteiger partial charge in [0.25, 0.3) is 0 Å². The van der Waals surface area contributed by atoms with E-state index in [1.807, 2.05) is 41.8 Å². The molecule has 170 valence electrons. The number of hydrogen-bond acceptors (Lipinski definition) is 4. The molecule has 1 aliphatic heterocycles. The van der Waals surface area contributed by atoms with Crippen LogP contribution in [0.3, 0.4) is 0 Å². The van der Waals surface area contributed by atoms with Crippen LogP contribution in [-0.2, 0) is 10.3 Å². The summed E-state index contributed by atoms with van der Waals surface area (Å²) in [6, 6.07) is 37.0. The summed E-state index contributed by atoms with van der Waals surface area (Å²) in [4.78, 5) is 15.1. The minimum absolute atomic E-state index is 0.106. The zero-order valence-corrected chi connectivity index (χ0v) is 20.5. The fraction of sp³-hybridized carbons (Fsp3) is 0.0645. The van der Waals surface area contributed by atoms with Gasteiger partial charge in [0.05, 0.1) is 9.75 Å². The molecule has 0 N–H and O–H groups in total. The van der Waals surface area contributed by atoms with Gasteiger partial charge in [-0.05, 0) is 28.5 Å². The van der Waals surface area contributed by atoms with Crippen LogP contribution < -0.4 is 0 Å². The minimum Gasteiger partial charge on any atom is -0.471 e. The molecule has 6 rings (SSSR count). The number of fused-ring (bicyclic) bond motifs is 1. The third-order valence-electron chi connectivity index (χ3n) is 6.40. The fourth-order valence-corrected chi connectivity index (χ4v) is 6.25. The molecular weight excluding hydrogens is 468 g/mol. The Labute approximate surface area is 212 Å². The maximum atomic E-state index is 13.3. The van der Waals surface area contributed by atoms with E-state index in [1.165, 1.54) is 11.3 Å². The van der Waals surface area contributed by atoms with E-state index in [1.54, 1.807) is 11.3 Å². The lowest BCUT2D eigenvalue weighted by Crippen LogP contribution is -2.36. The Balaban J connectivity index is 1.64. The second-order valence-corrected chi connectivity index (χ2v) is 10.3. The van der Waals surface area contributed by atoms with Crippen LogP contribution in [0.2, 0.25) is 0 Å². The highest BCUT2D eigenvalue weighted by atomic mass is 32.1. The number of ether oxygens (including phenoxy) is 1. The van der Waals surface area contributed by atoms with E-state index in [4.69, 9.17) is 4.74 Å². The normalized spacial score (nSPS) is 14.3. The molecule has 2 nitrogen and oxygen atoms in total. The van der Waals surface area contributed by atoms with Crippen LogP contribution in [0.15, 0.2) is 120 Å². The van der Waals surface area contributed by atoms with Crippen molar-refractivity contribution in [1.29, 1.82) is 0 Å². The Morgan fingerprint density at radius 2 is 1.31 bits per heavy atom. The molecule has 3 aromatic carbocycles. The summed E-state index contributed by atoms with van der Waals surface area (Å²) in [5.41, 5.74) is 4.30. The van der Waals surface area contributed by atoms with Gasteiger partial charge in [0, 0.05) is 28.7 Å². The molecule has 1 aliphatic rings. The SMILES string of the molecule is O=C(CC1=C(c2cccs2)OC(c2ccccc2)(c2ccccc2)c2ccccc21)c1cccs1. The van der Waals surface area contributed by atoms with Gasteiger partial charge in [0.15, 0.2) is 11.4 Å². The molecule has 0 saturated carbocycles. The van der Waals surface area contributed by atoms with E-state index in [0.717, 1.165) is 43.3 Å². The van der Waals surface area contributed by atoms with Crippen molar-refractivity contribution in [3.05, 3.63) is 152 Å². The van der Waals surface area contributed by atoms with Crippen molar-refractivity contribution in [2.75, 3.05) is 0 Å². The first-order valence-electron chi connectivity index (χ1n) is 11.5. The number of thiophene rings is 2. The molecule has 0 amide bonds. The van der Waals surface area contributed by atoms with Crippen molar-refractivity contribution in [2.45, 2.75) is 12.0 Å². The van der Waals surface area contributed by atoms with E-state index in [-0.39, 0.29) is 12.2 Å². The van der Waals surface area contributed by atoms with Crippen LogP contribution in [0, 0.1) is 0 Å². The Kier molecular flexibility index (Phi) is 5.69. The molecule has 4 heteroatoms. The summed E-state index contributed by atoms with van der Waals surface area (Å²) in [6.07, 6.45) is 0.282. The quantitative estimate of drug-likeness (QED) is 0.224. The van der Waals surface area contributed by atoms with Gasteiger partial charge in [-0.3, -0.25) is 4.79 Å². The largest absolute Gasteiger partial charge is 0.471 e. The number of Topliss-reactive ketones (excluding diaryl/α,β-unsaturated/α-hetero) is 1. The summed E-state index contributed by atoms with van der Waals surface area (Å²) in [5.74, 6) is 0.880. The molecule has 35 heavy (non-hydrogen) atoms. The topological polar surface area (TPSA) is 26.3 Å². The highest BCUT2D eigenvalue weighted by molar-refractivity contribution is 7.12. The first-order chi connectivity index (χ1) is 17.3. The zero-order valence-electron chi connectivity index (χ0n) is 18.9. The average Bonchev–Trinajstić information content (AvgIpc) is 3.65. The lowest BCUT2D eigenvalue weighted by Gasteiger charge is -2.42. The molecule has 3 heterocycles. The molecule has 2 aromatic heterocycles. The predicted octanol–water partition coefficient (Wildman–Crippen LogP) is 8.27. The van der Waals surface area contributed by atoms with Crippen LogP contribution in [0.1, 0.15) is 43.2 Å². The Bertz CT molecular complexity index is 1440. The molecule has 0 saturated heterocycles. The average molecular weight is 491 g/mol. The maximum absolute atomic E-state index is 13.3. The molecule has 0 fully saturated rings. The van der Waals surface area contributed by atoms with Gasteiger partial charge in [-0.2, -0.15) is 0 Å². The van der Waals surface area contributed by atoms with Crippen LogP contribution in [0.5, 0.6) is 0 Å². The summed E-state index contributed by atoms with van der Waals surface area (Å²) in [5, 5.41) is 4.00.